The van der Waals surface area contributed by atoms with Crippen molar-refractivity contribution in [1.82, 2.24) is 5.32 Å². The molecule has 0 saturated carbocycles. The Labute approximate surface area is 135 Å². The van der Waals surface area contributed by atoms with Gasteiger partial charge in [-0.25, -0.2) is 0 Å². The van der Waals surface area contributed by atoms with Crippen LogP contribution in [0.15, 0.2) is 42.5 Å². The Morgan fingerprint density at radius 1 is 1.17 bits per heavy atom. The van der Waals surface area contributed by atoms with Gasteiger partial charge >= 0.3 is 0 Å². The van der Waals surface area contributed by atoms with Crippen LogP contribution in [0.2, 0.25) is 0 Å². The first-order valence-corrected chi connectivity index (χ1v) is 7.62. The van der Waals surface area contributed by atoms with Crippen molar-refractivity contribution in [3.8, 4) is 17.2 Å². The third-order valence-corrected chi connectivity index (χ3v) is 3.64. The molecular formula is C18H19NO4. The summed E-state index contributed by atoms with van der Waals surface area (Å²) >= 11 is 0. The first-order valence-electron chi connectivity index (χ1n) is 7.62. The van der Waals surface area contributed by atoms with E-state index in [4.69, 9.17) is 14.2 Å². The molecule has 1 aliphatic heterocycles. The van der Waals surface area contributed by atoms with E-state index in [1.807, 2.05) is 42.5 Å². The molecule has 3 rings (SSSR count). The molecule has 0 unspecified atom stereocenters. The van der Waals surface area contributed by atoms with Gasteiger partial charge in [0.05, 0.1) is 0 Å². The lowest BCUT2D eigenvalue weighted by Crippen LogP contribution is -2.28. The van der Waals surface area contributed by atoms with E-state index in [1.54, 1.807) is 0 Å². The number of rotatable bonds is 6. The van der Waals surface area contributed by atoms with E-state index in [0.717, 1.165) is 29.0 Å². The van der Waals surface area contributed by atoms with E-state index >= 15 is 0 Å². The van der Waals surface area contributed by atoms with Gasteiger partial charge in [0.2, 0.25) is 6.79 Å². The predicted molar refractivity (Wildman–Crippen MR) is 85.7 cm³/mol. The van der Waals surface area contributed by atoms with Gasteiger partial charge in [-0.05, 0) is 35.7 Å². The minimum atomic E-state index is -0.159. The maximum atomic E-state index is 11.9. The average Bonchev–Trinajstić information content (AvgIpc) is 3.06. The summed E-state index contributed by atoms with van der Waals surface area (Å²) in [4.78, 5) is 11.9. The van der Waals surface area contributed by atoms with Gasteiger partial charge in [-0.15, -0.1) is 0 Å². The Morgan fingerprint density at radius 3 is 2.87 bits per heavy atom. The van der Waals surface area contributed by atoms with Gasteiger partial charge in [0.15, 0.2) is 18.1 Å². The number of ether oxygens (including phenoxy) is 3. The number of benzene rings is 2. The van der Waals surface area contributed by atoms with Crippen molar-refractivity contribution >= 4 is 5.91 Å². The molecule has 0 radical (unpaired) electrons. The molecule has 0 spiro atoms. The standard InChI is InChI=1S/C18H19NO4/c1-2-14-5-3-4-6-15(14)21-11-18(20)19-10-13-7-8-16-17(9-13)23-12-22-16/h3-9H,2,10-12H2,1H3,(H,19,20). The molecule has 1 aliphatic rings. The molecule has 2 aromatic rings. The van der Waals surface area contributed by atoms with Crippen molar-refractivity contribution in [3.05, 3.63) is 53.6 Å². The Morgan fingerprint density at radius 2 is 2.00 bits per heavy atom. The van der Waals surface area contributed by atoms with Crippen LogP contribution in [0.1, 0.15) is 18.1 Å². The molecular weight excluding hydrogens is 294 g/mol. The summed E-state index contributed by atoms with van der Waals surface area (Å²) in [6.07, 6.45) is 0.870. The number of carbonyl (C=O) groups is 1. The van der Waals surface area contributed by atoms with E-state index in [2.05, 4.69) is 12.2 Å². The number of hydrogen-bond acceptors (Lipinski definition) is 4. The number of carbonyl (C=O) groups excluding carboxylic acids is 1. The van der Waals surface area contributed by atoms with Crippen molar-refractivity contribution in [2.24, 2.45) is 0 Å². The van der Waals surface area contributed by atoms with Crippen LogP contribution in [0.5, 0.6) is 17.2 Å². The minimum Gasteiger partial charge on any atom is -0.483 e. The Bertz CT molecular complexity index is 699. The molecule has 2 aromatic carbocycles. The van der Waals surface area contributed by atoms with Crippen LogP contribution in [0, 0.1) is 0 Å². The zero-order chi connectivity index (χ0) is 16.1. The van der Waals surface area contributed by atoms with Crippen molar-refractivity contribution in [1.29, 1.82) is 0 Å². The minimum absolute atomic E-state index is 0.00155. The Balaban J connectivity index is 1.50. The molecule has 0 aromatic heterocycles. The lowest BCUT2D eigenvalue weighted by atomic mass is 10.1. The summed E-state index contributed by atoms with van der Waals surface area (Å²) in [5, 5.41) is 2.84. The quantitative estimate of drug-likeness (QED) is 0.891. The SMILES string of the molecule is CCc1ccccc1OCC(=O)NCc1ccc2c(c1)OCO2. The second-order valence-corrected chi connectivity index (χ2v) is 5.21. The molecule has 0 bridgehead atoms. The monoisotopic (exact) mass is 313 g/mol. The second-order valence-electron chi connectivity index (χ2n) is 5.21. The molecule has 120 valence electrons. The highest BCUT2D eigenvalue weighted by Crippen LogP contribution is 2.32. The summed E-state index contributed by atoms with van der Waals surface area (Å²) in [6, 6.07) is 13.4. The van der Waals surface area contributed by atoms with Crippen LogP contribution in [0.3, 0.4) is 0 Å². The largest absolute Gasteiger partial charge is 0.483 e. The van der Waals surface area contributed by atoms with E-state index in [0.29, 0.717) is 12.3 Å². The van der Waals surface area contributed by atoms with Gasteiger partial charge in [0, 0.05) is 6.54 Å². The van der Waals surface area contributed by atoms with Gasteiger partial charge < -0.3 is 19.5 Å². The van der Waals surface area contributed by atoms with Crippen LogP contribution in [0.4, 0.5) is 0 Å². The zero-order valence-corrected chi connectivity index (χ0v) is 13.0. The number of hydrogen-bond donors (Lipinski definition) is 1. The topological polar surface area (TPSA) is 56.8 Å². The molecule has 0 saturated heterocycles. The predicted octanol–water partition coefficient (Wildman–Crippen LogP) is 2.67. The fourth-order valence-corrected chi connectivity index (χ4v) is 2.38. The number of fused-ring (bicyclic) bond motifs is 1. The van der Waals surface area contributed by atoms with Crippen LogP contribution >= 0.6 is 0 Å². The highest BCUT2D eigenvalue weighted by Gasteiger charge is 2.13. The zero-order valence-electron chi connectivity index (χ0n) is 13.0. The third-order valence-electron chi connectivity index (χ3n) is 3.64. The molecule has 0 aliphatic carbocycles. The van der Waals surface area contributed by atoms with E-state index in [1.165, 1.54) is 0 Å². The van der Waals surface area contributed by atoms with Crippen LogP contribution < -0.4 is 19.5 Å². The van der Waals surface area contributed by atoms with Gasteiger partial charge in [-0.1, -0.05) is 31.2 Å². The summed E-state index contributed by atoms with van der Waals surface area (Å²) in [7, 11) is 0. The fourth-order valence-electron chi connectivity index (χ4n) is 2.38. The van der Waals surface area contributed by atoms with Crippen molar-refractivity contribution in [2.75, 3.05) is 13.4 Å². The molecule has 5 heteroatoms. The first-order chi connectivity index (χ1) is 11.3. The van der Waals surface area contributed by atoms with Crippen molar-refractivity contribution in [2.45, 2.75) is 19.9 Å². The van der Waals surface area contributed by atoms with E-state index in [9.17, 15) is 4.79 Å². The molecule has 0 atom stereocenters. The van der Waals surface area contributed by atoms with Crippen LogP contribution in [-0.2, 0) is 17.8 Å². The summed E-state index contributed by atoms with van der Waals surface area (Å²) in [6.45, 7) is 2.73. The maximum Gasteiger partial charge on any atom is 0.258 e. The van der Waals surface area contributed by atoms with Crippen LogP contribution in [-0.4, -0.2) is 19.3 Å². The maximum absolute atomic E-state index is 11.9. The highest BCUT2D eigenvalue weighted by atomic mass is 16.7. The second kappa shape index (κ2) is 7.05. The molecule has 1 N–H and O–H groups in total. The molecule has 23 heavy (non-hydrogen) atoms. The molecule has 5 nitrogen and oxygen atoms in total. The Hall–Kier alpha value is -2.69. The number of nitrogens with one attached hydrogen (secondary N) is 1. The van der Waals surface area contributed by atoms with Gasteiger partial charge in [0.25, 0.3) is 5.91 Å². The van der Waals surface area contributed by atoms with Crippen molar-refractivity contribution < 1.29 is 19.0 Å². The van der Waals surface area contributed by atoms with E-state index in [-0.39, 0.29) is 19.3 Å². The molecule has 0 fully saturated rings. The molecule has 1 heterocycles. The highest BCUT2D eigenvalue weighted by molar-refractivity contribution is 5.77. The number of para-hydroxylation sites is 1. The normalized spacial score (nSPS) is 12.0. The summed E-state index contributed by atoms with van der Waals surface area (Å²) in [5.41, 5.74) is 2.05. The van der Waals surface area contributed by atoms with Gasteiger partial charge in [-0.3, -0.25) is 4.79 Å². The first kappa shape index (κ1) is 15.2. The third kappa shape index (κ3) is 3.74. The lowest BCUT2D eigenvalue weighted by Gasteiger charge is -2.10. The van der Waals surface area contributed by atoms with E-state index < -0.39 is 0 Å². The number of amides is 1. The summed E-state index contributed by atoms with van der Waals surface area (Å²) in [5.74, 6) is 2.05. The van der Waals surface area contributed by atoms with Crippen LogP contribution in [0.25, 0.3) is 0 Å². The smallest absolute Gasteiger partial charge is 0.258 e. The summed E-state index contributed by atoms with van der Waals surface area (Å²) < 4.78 is 16.2. The van der Waals surface area contributed by atoms with Gasteiger partial charge in [0.1, 0.15) is 5.75 Å². The molecule has 1 amide bonds. The average molecular weight is 313 g/mol. The number of aryl methyl sites for hydroxylation is 1. The van der Waals surface area contributed by atoms with Crippen molar-refractivity contribution in [3.63, 3.8) is 0 Å². The van der Waals surface area contributed by atoms with Gasteiger partial charge in [-0.2, -0.15) is 0 Å². The Kier molecular flexibility index (Phi) is 4.66. The fraction of sp³-hybridized carbons (Fsp3) is 0.278. The lowest BCUT2D eigenvalue weighted by molar-refractivity contribution is -0.123.